The molecule has 1 rings (SSSR count). The molecule has 0 aromatic heterocycles. The molecule has 1 unspecified atom stereocenters. The monoisotopic (exact) mass is 385 g/mol. The van der Waals surface area contributed by atoms with E-state index >= 15 is 0 Å². The Kier molecular flexibility index (Phi) is 10.7. The third kappa shape index (κ3) is 9.01. The van der Waals surface area contributed by atoms with Crippen molar-refractivity contribution in [1.29, 1.82) is 0 Å². The molecule has 1 aliphatic heterocycles. The van der Waals surface area contributed by atoms with E-state index in [9.17, 15) is 19.5 Å². The van der Waals surface area contributed by atoms with Gasteiger partial charge in [0.2, 0.25) is 0 Å². The topological polar surface area (TPSA) is 102 Å². The quantitative estimate of drug-likeness (QED) is 0.244. The Bertz CT molecular complexity index is 514. The van der Waals surface area contributed by atoms with Crippen molar-refractivity contribution in [2.75, 3.05) is 46.6 Å². The van der Waals surface area contributed by atoms with Gasteiger partial charge in [-0.2, -0.15) is 0 Å². The molecule has 0 aromatic carbocycles. The molecule has 8 heteroatoms. The highest BCUT2D eigenvalue weighted by Crippen LogP contribution is 2.19. The highest BCUT2D eigenvalue weighted by molar-refractivity contribution is 5.91. The van der Waals surface area contributed by atoms with Crippen LogP contribution in [0.5, 0.6) is 0 Å². The van der Waals surface area contributed by atoms with Gasteiger partial charge in [0.15, 0.2) is 0 Å². The molecule has 154 valence electrons. The molecule has 0 aromatic rings. The smallest absolute Gasteiger partial charge is 0.331 e. The van der Waals surface area contributed by atoms with Crippen molar-refractivity contribution in [3.63, 3.8) is 0 Å². The molecular formula is C19H31NO7. The number of likely N-dealkylation sites (tertiary alicyclic amines) is 1. The van der Waals surface area contributed by atoms with E-state index in [2.05, 4.69) is 9.64 Å². The van der Waals surface area contributed by atoms with Crippen LogP contribution >= 0.6 is 0 Å². The molecule has 0 aliphatic carbocycles. The second kappa shape index (κ2) is 12.5. The van der Waals surface area contributed by atoms with Crippen molar-refractivity contribution < 1.29 is 33.7 Å². The largest absolute Gasteiger partial charge is 0.466 e. The maximum atomic E-state index is 12.2. The summed E-state index contributed by atoms with van der Waals surface area (Å²) in [5.41, 5.74) is -1.35. The SMILES string of the molecule is COC(=O)/C=C/C(=O)OCC(C)(CO)C(=O)OCCCCN1CCCCC1. The molecular weight excluding hydrogens is 354 g/mol. The van der Waals surface area contributed by atoms with Crippen LogP contribution in [0.3, 0.4) is 0 Å². The summed E-state index contributed by atoms with van der Waals surface area (Å²) in [7, 11) is 1.18. The van der Waals surface area contributed by atoms with Crippen LogP contribution in [-0.2, 0) is 28.6 Å². The van der Waals surface area contributed by atoms with Crippen LogP contribution in [0.1, 0.15) is 39.0 Å². The summed E-state index contributed by atoms with van der Waals surface area (Å²) in [6.45, 7) is 4.13. The zero-order valence-electron chi connectivity index (χ0n) is 16.3. The number of aliphatic hydroxyl groups excluding tert-OH is 1. The van der Waals surface area contributed by atoms with E-state index in [-0.39, 0.29) is 13.2 Å². The maximum absolute atomic E-state index is 12.2. The lowest BCUT2D eigenvalue weighted by Gasteiger charge is -2.26. The van der Waals surface area contributed by atoms with E-state index in [4.69, 9.17) is 9.47 Å². The van der Waals surface area contributed by atoms with Crippen LogP contribution in [-0.4, -0.2) is 74.5 Å². The Labute approximate surface area is 160 Å². The molecule has 1 aliphatic rings. The predicted octanol–water partition coefficient (Wildman–Crippen LogP) is 1.07. The molecule has 27 heavy (non-hydrogen) atoms. The highest BCUT2D eigenvalue weighted by atomic mass is 16.6. The number of piperidine rings is 1. The van der Waals surface area contributed by atoms with Gasteiger partial charge in [-0.05, 0) is 52.2 Å². The van der Waals surface area contributed by atoms with Gasteiger partial charge in [-0.1, -0.05) is 6.42 Å². The molecule has 0 spiro atoms. The van der Waals surface area contributed by atoms with Gasteiger partial charge in [-0.15, -0.1) is 0 Å². The standard InChI is InChI=1S/C19H31NO7/c1-19(14-21,15-27-17(23)9-8-16(22)25-2)18(24)26-13-7-6-12-20-10-4-3-5-11-20/h8-9,21H,3-7,10-15H2,1-2H3/b9-8+. The van der Waals surface area contributed by atoms with Crippen molar-refractivity contribution in [3.05, 3.63) is 12.2 Å². The number of aliphatic hydroxyl groups is 1. The summed E-state index contributed by atoms with van der Waals surface area (Å²) >= 11 is 0. The summed E-state index contributed by atoms with van der Waals surface area (Å²) in [6.07, 6.45) is 7.29. The number of carbonyl (C=O) groups excluding carboxylic acids is 3. The molecule has 0 radical (unpaired) electrons. The number of ether oxygens (including phenoxy) is 3. The lowest BCUT2D eigenvalue weighted by molar-refractivity contribution is -0.164. The summed E-state index contributed by atoms with van der Waals surface area (Å²) in [5, 5.41) is 9.51. The number of nitrogens with zero attached hydrogens (tertiary/aromatic N) is 1. The molecule has 8 nitrogen and oxygen atoms in total. The fourth-order valence-corrected chi connectivity index (χ4v) is 2.61. The van der Waals surface area contributed by atoms with Crippen molar-refractivity contribution in [2.24, 2.45) is 5.41 Å². The van der Waals surface area contributed by atoms with Crippen LogP contribution in [0.15, 0.2) is 12.2 Å². The minimum atomic E-state index is -1.35. The van der Waals surface area contributed by atoms with Crippen LogP contribution in [0.2, 0.25) is 0 Å². The second-order valence-electron chi connectivity index (χ2n) is 6.93. The molecule has 1 N–H and O–H groups in total. The first-order valence-corrected chi connectivity index (χ1v) is 9.34. The van der Waals surface area contributed by atoms with E-state index in [0.717, 1.165) is 44.6 Å². The number of hydrogen-bond acceptors (Lipinski definition) is 8. The normalized spacial score (nSPS) is 17.3. The first-order valence-electron chi connectivity index (χ1n) is 9.34. The minimum Gasteiger partial charge on any atom is -0.466 e. The average Bonchev–Trinajstić information content (AvgIpc) is 2.70. The van der Waals surface area contributed by atoms with Crippen LogP contribution < -0.4 is 0 Å². The molecule has 0 amide bonds. The fourth-order valence-electron chi connectivity index (χ4n) is 2.61. The zero-order valence-corrected chi connectivity index (χ0v) is 16.3. The molecule has 1 heterocycles. The number of rotatable bonds is 11. The molecule has 1 fully saturated rings. The van der Waals surface area contributed by atoms with Gasteiger partial charge >= 0.3 is 17.9 Å². The second-order valence-corrected chi connectivity index (χ2v) is 6.93. The Hall–Kier alpha value is -1.93. The first kappa shape index (κ1) is 23.1. The highest BCUT2D eigenvalue weighted by Gasteiger charge is 2.36. The van der Waals surface area contributed by atoms with E-state index in [1.807, 2.05) is 0 Å². The predicted molar refractivity (Wildman–Crippen MR) is 97.8 cm³/mol. The lowest BCUT2D eigenvalue weighted by Crippen LogP contribution is -2.39. The molecule has 0 saturated carbocycles. The van der Waals surface area contributed by atoms with Crippen LogP contribution in [0.4, 0.5) is 0 Å². The molecule has 1 atom stereocenters. The van der Waals surface area contributed by atoms with Crippen LogP contribution in [0.25, 0.3) is 0 Å². The van der Waals surface area contributed by atoms with Crippen molar-refractivity contribution in [2.45, 2.75) is 39.0 Å². The Balaban J connectivity index is 2.28. The Morgan fingerprint density at radius 3 is 2.33 bits per heavy atom. The maximum Gasteiger partial charge on any atom is 0.331 e. The number of unbranched alkanes of at least 4 members (excludes halogenated alkanes) is 1. The van der Waals surface area contributed by atoms with Gasteiger partial charge in [0.1, 0.15) is 12.0 Å². The summed E-state index contributed by atoms with van der Waals surface area (Å²) in [4.78, 5) is 37.1. The third-order valence-corrected chi connectivity index (χ3v) is 4.48. The van der Waals surface area contributed by atoms with Crippen molar-refractivity contribution in [1.82, 2.24) is 4.90 Å². The summed E-state index contributed by atoms with van der Waals surface area (Å²) < 4.78 is 14.5. The summed E-state index contributed by atoms with van der Waals surface area (Å²) in [5.74, 6) is -2.12. The minimum absolute atomic E-state index is 0.262. The van der Waals surface area contributed by atoms with Crippen molar-refractivity contribution >= 4 is 17.9 Å². The third-order valence-electron chi connectivity index (χ3n) is 4.48. The van der Waals surface area contributed by atoms with Gasteiger partial charge in [0, 0.05) is 12.2 Å². The zero-order chi connectivity index (χ0) is 20.1. The van der Waals surface area contributed by atoms with E-state index in [0.29, 0.717) is 0 Å². The lowest BCUT2D eigenvalue weighted by atomic mass is 9.93. The number of methoxy groups -OCH3 is 1. The average molecular weight is 385 g/mol. The van der Waals surface area contributed by atoms with Gasteiger partial charge in [0.25, 0.3) is 0 Å². The Morgan fingerprint density at radius 2 is 1.70 bits per heavy atom. The molecule has 1 saturated heterocycles. The number of esters is 3. The number of carbonyl (C=O) groups is 3. The van der Waals surface area contributed by atoms with Gasteiger partial charge < -0.3 is 24.2 Å². The van der Waals surface area contributed by atoms with E-state index < -0.39 is 29.9 Å². The van der Waals surface area contributed by atoms with Crippen LogP contribution in [0, 0.1) is 5.41 Å². The van der Waals surface area contributed by atoms with Gasteiger partial charge in [0.05, 0.1) is 20.3 Å². The van der Waals surface area contributed by atoms with Gasteiger partial charge in [-0.3, -0.25) is 4.79 Å². The Morgan fingerprint density at radius 1 is 1.04 bits per heavy atom. The number of hydrogen-bond donors (Lipinski definition) is 1. The van der Waals surface area contributed by atoms with E-state index in [1.54, 1.807) is 0 Å². The van der Waals surface area contributed by atoms with Gasteiger partial charge in [-0.25, -0.2) is 9.59 Å². The first-order chi connectivity index (χ1) is 12.9. The fraction of sp³-hybridized carbons (Fsp3) is 0.737. The van der Waals surface area contributed by atoms with Crippen molar-refractivity contribution in [3.8, 4) is 0 Å². The van der Waals surface area contributed by atoms with E-state index in [1.165, 1.54) is 33.3 Å². The summed E-state index contributed by atoms with van der Waals surface area (Å²) in [6, 6.07) is 0. The molecule has 0 bridgehead atoms.